The Balaban J connectivity index is 1.36. The summed E-state index contributed by atoms with van der Waals surface area (Å²) in [7, 11) is 0. The van der Waals surface area contributed by atoms with Crippen LogP contribution in [0.3, 0.4) is 0 Å². The van der Waals surface area contributed by atoms with E-state index in [0.29, 0.717) is 29.9 Å². The van der Waals surface area contributed by atoms with Crippen molar-refractivity contribution in [2.45, 2.75) is 19.3 Å². The van der Waals surface area contributed by atoms with Crippen LogP contribution in [0.5, 0.6) is 0 Å². The van der Waals surface area contributed by atoms with Crippen molar-refractivity contribution < 1.29 is 23.2 Å². The van der Waals surface area contributed by atoms with Crippen LogP contribution in [0.4, 0.5) is 20.2 Å². The number of nitrogens with zero attached hydrogens (tertiary/aromatic N) is 1. The highest BCUT2D eigenvalue weighted by atomic mass is 35.5. The van der Waals surface area contributed by atoms with E-state index in [1.165, 1.54) is 43.4 Å². The Labute approximate surface area is 198 Å². The fraction of sp³-hybridized carbons (Fsp3) is 0.217. The number of halogens is 3. The van der Waals surface area contributed by atoms with E-state index in [1.807, 2.05) is 0 Å². The molecular weight excluding hydrogens is 468 g/mol. The molecule has 11 heteroatoms. The molecule has 0 saturated heterocycles. The van der Waals surface area contributed by atoms with E-state index in [9.17, 15) is 23.2 Å². The first-order valence-corrected chi connectivity index (χ1v) is 10.9. The van der Waals surface area contributed by atoms with E-state index in [0.717, 1.165) is 12.5 Å². The standard InChI is InChI=1S/C23H20ClF2N5O3/c24-16-10-18(26)17(25)9-15(16)21(32)30-13-3-5-14(6-4-13)31-23(34)20-19(28-11-29-20)22(33)27-8-7-12-1-2-12/h3-6,9-12H,1-2,7-8H2,(H,27,33)(H,28,29)(H,30,32)(H,31,34). The van der Waals surface area contributed by atoms with Crippen LogP contribution in [0.1, 0.15) is 50.6 Å². The summed E-state index contributed by atoms with van der Waals surface area (Å²) in [5.74, 6) is -3.39. The summed E-state index contributed by atoms with van der Waals surface area (Å²) in [5, 5.41) is 7.70. The number of imidazole rings is 1. The fourth-order valence-electron chi connectivity index (χ4n) is 3.25. The third kappa shape index (κ3) is 5.57. The molecule has 0 aliphatic heterocycles. The molecule has 8 nitrogen and oxygen atoms in total. The Kier molecular flexibility index (Phi) is 6.87. The lowest BCUT2D eigenvalue weighted by Gasteiger charge is -2.09. The average Bonchev–Trinajstić information content (AvgIpc) is 3.49. The lowest BCUT2D eigenvalue weighted by atomic mass is 10.2. The van der Waals surface area contributed by atoms with Crippen molar-refractivity contribution in [1.82, 2.24) is 15.3 Å². The summed E-state index contributed by atoms with van der Waals surface area (Å²) < 4.78 is 26.6. The first-order valence-electron chi connectivity index (χ1n) is 10.5. The zero-order chi connectivity index (χ0) is 24.2. The lowest BCUT2D eigenvalue weighted by Crippen LogP contribution is -2.28. The van der Waals surface area contributed by atoms with Crippen LogP contribution >= 0.6 is 11.6 Å². The summed E-state index contributed by atoms with van der Waals surface area (Å²) in [5.41, 5.74) is 0.519. The maximum atomic E-state index is 13.4. The molecule has 3 amide bonds. The van der Waals surface area contributed by atoms with Crippen LogP contribution in [-0.4, -0.2) is 34.2 Å². The third-order valence-corrected chi connectivity index (χ3v) is 5.58. The molecular formula is C23H20ClF2N5O3. The quantitative estimate of drug-likeness (QED) is 0.353. The molecule has 0 bridgehead atoms. The summed E-state index contributed by atoms with van der Waals surface area (Å²) in [6.45, 7) is 0.534. The smallest absolute Gasteiger partial charge is 0.276 e. The number of hydrogen-bond acceptors (Lipinski definition) is 4. The van der Waals surface area contributed by atoms with Crippen molar-refractivity contribution in [3.8, 4) is 0 Å². The molecule has 0 spiro atoms. The molecule has 34 heavy (non-hydrogen) atoms. The highest BCUT2D eigenvalue weighted by molar-refractivity contribution is 6.34. The van der Waals surface area contributed by atoms with Gasteiger partial charge in [-0.05, 0) is 48.7 Å². The van der Waals surface area contributed by atoms with Crippen LogP contribution in [0.25, 0.3) is 0 Å². The van der Waals surface area contributed by atoms with E-state index >= 15 is 0 Å². The molecule has 1 fully saturated rings. The number of aromatic nitrogens is 2. The molecule has 1 aliphatic carbocycles. The molecule has 1 saturated carbocycles. The zero-order valence-electron chi connectivity index (χ0n) is 17.8. The van der Waals surface area contributed by atoms with Crippen molar-refractivity contribution in [2.75, 3.05) is 17.2 Å². The number of amides is 3. The van der Waals surface area contributed by atoms with Gasteiger partial charge in [-0.15, -0.1) is 0 Å². The van der Waals surface area contributed by atoms with Crippen LogP contribution in [0, 0.1) is 17.6 Å². The first kappa shape index (κ1) is 23.4. The Bertz CT molecular complexity index is 1240. The lowest BCUT2D eigenvalue weighted by molar-refractivity contribution is 0.0934. The summed E-state index contributed by atoms with van der Waals surface area (Å²) in [4.78, 5) is 43.9. The Morgan fingerprint density at radius 2 is 1.59 bits per heavy atom. The van der Waals surface area contributed by atoms with Crippen LogP contribution in [0.2, 0.25) is 5.02 Å². The highest BCUT2D eigenvalue weighted by Gasteiger charge is 2.23. The van der Waals surface area contributed by atoms with Gasteiger partial charge in [0.25, 0.3) is 17.7 Å². The normalized spacial score (nSPS) is 12.8. The van der Waals surface area contributed by atoms with Gasteiger partial charge >= 0.3 is 0 Å². The van der Waals surface area contributed by atoms with Gasteiger partial charge in [0.05, 0.1) is 16.9 Å². The molecule has 1 heterocycles. The van der Waals surface area contributed by atoms with Crippen LogP contribution in [0.15, 0.2) is 42.7 Å². The number of carbonyl (C=O) groups excluding carboxylic acids is 3. The number of aromatic amines is 1. The van der Waals surface area contributed by atoms with Gasteiger partial charge in [-0.3, -0.25) is 14.4 Å². The SMILES string of the molecule is O=C(Nc1ccc(NC(=O)c2nc[nH]c2C(=O)NCCC2CC2)cc1)c1cc(F)c(F)cc1Cl. The predicted molar refractivity (Wildman–Crippen MR) is 122 cm³/mol. The van der Waals surface area contributed by atoms with Gasteiger partial charge in [0, 0.05) is 17.9 Å². The van der Waals surface area contributed by atoms with Gasteiger partial charge in [-0.1, -0.05) is 24.4 Å². The van der Waals surface area contributed by atoms with Crippen LogP contribution < -0.4 is 16.0 Å². The summed E-state index contributed by atoms with van der Waals surface area (Å²) in [6.07, 6.45) is 4.56. The number of carbonyl (C=O) groups is 3. The third-order valence-electron chi connectivity index (χ3n) is 5.27. The van der Waals surface area contributed by atoms with Crippen LogP contribution in [-0.2, 0) is 0 Å². The maximum Gasteiger partial charge on any atom is 0.276 e. The molecule has 1 aromatic heterocycles. The van der Waals surface area contributed by atoms with Gasteiger partial charge in [0.15, 0.2) is 17.3 Å². The van der Waals surface area contributed by atoms with Crippen molar-refractivity contribution in [2.24, 2.45) is 5.92 Å². The summed E-state index contributed by atoms with van der Waals surface area (Å²) >= 11 is 5.82. The summed E-state index contributed by atoms with van der Waals surface area (Å²) in [6, 6.07) is 7.46. The van der Waals surface area contributed by atoms with E-state index in [2.05, 4.69) is 25.9 Å². The second kappa shape index (κ2) is 10.0. The monoisotopic (exact) mass is 487 g/mol. The number of anilines is 2. The Morgan fingerprint density at radius 1 is 0.971 bits per heavy atom. The molecule has 4 N–H and O–H groups in total. The first-order chi connectivity index (χ1) is 16.3. The minimum Gasteiger partial charge on any atom is -0.351 e. The van der Waals surface area contributed by atoms with Gasteiger partial charge in [-0.25, -0.2) is 13.8 Å². The number of nitrogens with one attached hydrogen (secondary N) is 4. The van der Waals surface area contributed by atoms with Crippen molar-refractivity contribution >= 4 is 40.7 Å². The average molecular weight is 488 g/mol. The second-order valence-corrected chi connectivity index (χ2v) is 8.25. The van der Waals surface area contributed by atoms with E-state index < -0.39 is 29.4 Å². The van der Waals surface area contributed by atoms with E-state index in [-0.39, 0.29) is 22.0 Å². The molecule has 2 aromatic carbocycles. The second-order valence-electron chi connectivity index (χ2n) is 7.85. The van der Waals surface area contributed by atoms with E-state index in [4.69, 9.17) is 11.6 Å². The number of rotatable bonds is 8. The number of H-pyrrole nitrogens is 1. The number of hydrogen-bond donors (Lipinski definition) is 4. The van der Waals surface area contributed by atoms with Crippen molar-refractivity contribution in [1.29, 1.82) is 0 Å². The fourth-order valence-corrected chi connectivity index (χ4v) is 3.48. The molecule has 0 atom stereocenters. The Morgan fingerprint density at radius 3 is 2.24 bits per heavy atom. The van der Waals surface area contributed by atoms with Crippen molar-refractivity contribution in [3.05, 3.63) is 76.3 Å². The Hall–Kier alpha value is -3.79. The molecule has 176 valence electrons. The van der Waals surface area contributed by atoms with Gasteiger partial charge in [0.2, 0.25) is 0 Å². The zero-order valence-corrected chi connectivity index (χ0v) is 18.5. The molecule has 0 radical (unpaired) electrons. The van der Waals surface area contributed by atoms with Gasteiger partial charge in [0.1, 0.15) is 5.69 Å². The molecule has 4 rings (SSSR count). The maximum absolute atomic E-state index is 13.4. The van der Waals surface area contributed by atoms with Gasteiger partial charge in [-0.2, -0.15) is 0 Å². The predicted octanol–water partition coefficient (Wildman–Crippen LogP) is 4.38. The largest absolute Gasteiger partial charge is 0.351 e. The van der Waals surface area contributed by atoms with Crippen molar-refractivity contribution in [3.63, 3.8) is 0 Å². The molecule has 0 unspecified atom stereocenters. The van der Waals surface area contributed by atoms with E-state index in [1.54, 1.807) is 0 Å². The topological polar surface area (TPSA) is 116 Å². The minimum atomic E-state index is -1.19. The highest BCUT2D eigenvalue weighted by Crippen LogP contribution is 2.31. The molecule has 1 aliphatic rings. The van der Waals surface area contributed by atoms with Gasteiger partial charge < -0.3 is 20.9 Å². The number of benzene rings is 2. The minimum absolute atomic E-state index is 0.0470. The molecule has 3 aromatic rings.